The van der Waals surface area contributed by atoms with Crippen molar-refractivity contribution in [1.29, 1.82) is 0 Å². The van der Waals surface area contributed by atoms with Crippen LogP contribution >= 0.6 is 31.9 Å². The van der Waals surface area contributed by atoms with Crippen molar-refractivity contribution >= 4 is 61.1 Å². The second kappa shape index (κ2) is 12.2. The number of ether oxygens (including phenoxy) is 1. The minimum Gasteiger partial charge on any atom is -0.506 e. The highest BCUT2D eigenvalue weighted by molar-refractivity contribution is 9.11. The number of carbonyl (C=O) groups excluding carboxylic acids is 3. The zero-order valence-corrected chi connectivity index (χ0v) is 21.4. The Bertz CT molecular complexity index is 1270. The molecule has 0 aliphatic heterocycles. The average molecular weight is 603 g/mol. The summed E-state index contributed by atoms with van der Waals surface area (Å²) in [5, 5.41) is 15.4. The van der Waals surface area contributed by atoms with Gasteiger partial charge in [-0.2, -0.15) is 0 Å². The summed E-state index contributed by atoms with van der Waals surface area (Å²) < 4.78 is 6.45. The van der Waals surface area contributed by atoms with Crippen LogP contribution in [0.2, 0.25) is 0 Å². The lowest BCUT2D eigenvalue weighted by atomic mass is 10.0. The lowest BCUT2D eigenvalue weighted by molar-refractivity contribution is -0.111. The Labute approximate surface area is 218 Å². The minimum absolute atomic E-state index is 0.0289. The average Bonchev–Trinajstić information content (AvgIpc) is 2.82. The number of anilines is 2. The van der Waals surface area contributed by atoms with Gasteiger partial charge in [0.15, 0.2) is 0 Å². The number of amides is 3. The van der Waals surface area contributed by atoms with Crippen molar-refractivity contribution < 1.29 is 24.2 Å². The Hall–Kier alpha value is -3.63. The standard InChI is InChI=1S/C25H21Br2N3O5/c26-16-13-17(23(32)18(27)14-16)21(35-25(34)30-24(33)15-7-2-1-3-8-15)11-6-12-22(31)29-20-10-5-4-9-19(20)28/h1-10,12-14,21,32H,11,28H2,(H,29,31)(H,30,33,34)/b12-6+/t21-/m0/s1. The Morgan fingerprint density at radius 2 is 1.71 bits per heavy atom. The molecule has 0 spiro atoms. The molecule has 3 amide bonds. The normalized spacial score (nSPS) is 11.6. The summed E-state index contributed by atoms with van der Waals surface area (Å²) in [6.07, 6.45) is 0.758. The van der Waals surface area contributed by atoms with Crippen molar-refractivity contribution in [3.8, 4) is 5.75 Å². The molecule has 8 nitrogen and oxygen atoms in total. The molecule has 180 valence electrons. The Morgan fingerprint density at radius 3 is 2.43 bits per heavy atom. The topological polar surface area (TPSA) is 131 Å². The van der Waals surface area contributed by atoms with Crippen LogP contribution in [0.25, 0.3) is 0 Å². The molecule has 0 unspecified atom stereocenters. The van der Waals surface area contributed by atoms with E-state index in [1.54, 1.807) is 66.7 Å². The van der Waals surface area contributed by atoms with Gasteiger partial charge in [-0.05, 0) is 58.4 Å². The van der Waals surface area contributed by atoms with E-state index in [-0.39, 0.29) is 23.3 Å². The van der Waals surface area contributed by atoms with E-state index >= 15 is 0 Å². The number of nitrogen functional groups attached to an aromatic ring is 1. The van der Waals surface area contributed by atoms with Gasteiger partial charge < -0.3 is 20.9 Å². The van der Waals surface area contributed by atoms with Crippen molar-refractivity contribution in [2.24, 2.45) is 0 Å². The maximum Gasteiger partial charge on any atom is 0.414 e. The third-order valence-electron chi connectivity index (χ3n) is 4.74. The molecule has 0 saturated carbocycles. The molecule has 0 aliphatic carbocycles. The predicted octanol–water partition coefficient (Wildman–Crippen LogP) is 5.69. The number of nitrogens with two attached hydrogens (primary N) is 1. The van der Waals surface area contributed by atoms with Crippen LogP contribution in [0.1, 0.15) is 28.4 Å². The summed E-state index contributed by atoms with van der Waals surface area (Å²) in [6, 6.07) is 18.2. The molecule has 35 heavy (non-hydrogen) atoms. The molecule has 0 saturated heterocycles. The highest BCUT2D eigenvalue weighted by atomic mass is 79.9. The number of benzene rings is 3. The van der Waals surface area contributed by atoms with Crippen LogP contribution in [-0.2, 0) is 9.53 Å². The molecule has 0 radical (unpaired) electrons. The van der Waals surface area contributed by atoms with Crippen molar-refractivity contribution in [2.45, 2.75) is 12.5 Å². The summed E-state index contributed by atoms with van der Waals surface area (Å²) in [7, 11) is 0. The van der Waals surface area contributed by atoms with Gasteiger partial charge in [-0.1, -0.05) is 52.3 Å². The predicted molar refractivity (Wildman–Crippen MR) is 140 cm³/mol. The Balaban J connectivity index is 1.75. The summed E-state index contributed by atoms with van der Waals surface area (Å²) >= 11 is 6.60. The fourth-order valence-electron chi connectivity index (χ4n) is 3.07. The molecule has 3 rings (SSSR count). The molecule has 3 aromatic rings. The molecule has 0 bridgehead atoms. The number of phenolic OH excluding ortho intramolecular Hbond substituents is 1. The van der Waals surface area contributed by atoms with Crippen LogP contribution in [0.5, 0.6) is 5.75 Å². The molecule has 1 atom stereocenters. The number of hydrogen-bond donors (Lipinski definition) is 4. The number of phenols is 1. The molecule has 0 aliphatic rings. The first kappa shape index (κ1) is 26.0. The van der Waals surface area contributed by atoms with E-state index in [2.05, 4.69) is 42.5 Å². The van der Waals surface area contributed by atoms with Crippen molar-refractivity contribution in [1.82, 2.24) is 5.32 Å². The van der Waals surface area contributed by atoms with Gasteiger partial charge in [-0.25, -0.2) is 4.79 Å². The van der Waals surface area contributed by atoms with E-state index in [0.29, 0.717) is 20.3 Å². The molecule has 5 N–H and O–H groups in total. The molecule has 0 aromatic heterocycles. The fourth-order valence-corrected chi connectivity index (χ4v) is 4.33. The highest BCUT2D eigenvalue weighted by Gasteiger charge is 2.23. The van der Waals surface area contributed by atoms with Gasteiger partial charge in [0, 0.05) is 22.0 Å². The summed E-state index contributed by atoms with van der Waals surface area (Å²) in [6.45, 7) is 0. The van der Waals surface area contributed by atoms with E-state index < -0.39 is 24.0 Å². The number of hydrogen-bond acceptors (Lipinski definition) is 6. The van der Waals surface area contributed by atoms with Gasteiger partial charge in [0.25, 0.3) is 5.91 Å². The van der Waals surface area contributed by atoms with Crippen LogP contribution < -0.4 is 16.4 Å². The van der Waals surface area contributed by atoms with Crippen LogP contribution in [0.15, 0.2) is 87.8 Å². The number of imide groups is 1. The maximum absolute atomic E-state index is 12.5. The molecular formula is C25H21Br2N3O5. The number of aromatic hydroxyl groups is 1. The quantitative estimate of drug-likeness (QED) is 0.203. The van der Waals surface area contributed by atoms with Gasteiger partial charge in [-0.3, -0.25) is 14.9 Å². The van der Waals surface area contributed by atoms with E-state index in [1.807, 2.05) is 0 Å². The van der Waals surface area contributed by atoms with Crippen LogP contribution in [-0.4, -0.2) is 23.0 Å². The van der Waals surface area contributed by atoms with E-state index in [4.69, 9.17) is 10.5 Å². The number of alkyl carbamates (subject to hydrolysis) is 1. The molecule has 0 heterocycles. The largest absolute Gasteiger partial charge is 0.506 e. The summed E-state index contributed by atoms with van der Waals surface area (Å²) in [5.41, 5.74) is 7.26. The number of nitrogens with one attached hydrogen (secondary N) is 2. The molecule has 0 fully saturated rings. The minimum atomic E-state index is -1.02. The van der Waals surface area contributed by atoms with E-state index in [9.17, 15) is 19.5 Å². The van der Waals surface area contributed by atoms with Gasteiger partial charge in [0.05, 0.1) is 15.8 Å². The second-order valence-corrected chi connectivity index (χ2v) is 9.02. The summed E-state index contributed by atoms with van der Waals surface area (Å²) in [5.74, 6) is -1.22. The van der Waals surface area contributed by atoms with E-state index in [0.717, 1.165) is 0 Å². The third-order valence-corrected chi connectivity index (χ3v) is 5.81. The zero-order chi connectivity index (χ0) is 25.4. The molecular weight excluding hydrogens is 582 g/mol. The van der Waals surface area contributed by atoms with Gasteiger partial charge in [-0.15, -0.1) is 0 Å². The molecule has 3 aromatic carbocycles. The zero-order valence-electron chi connectivity index (χ0n) is 18.2. The summed E-state index contributed by atoms with van der Waals surface area (Å²) in [4.78, 5) is 37.1. The fraction of sp³-hybridized carbons (Fsp3) is 0.0800. The smallest absolute Gasteiger partial charge is 0.414 e. The first-order valence-corrected chi connectivity index (χ1v) is 11.9. The Morgan fingerprint density at radius 1 is 1.03 bits per heavy atom. The van der Waals surface area contributed by atoms with Crippen LogP contribution in [0, 0.1) is 0 Å². The van der Waals surface area contributed by atoms with Crippen molar-refractivity contribution in [3.05, 3.63) is 99.0 Å². The molecule has 10 heteroatoms. The number of rotatable bonds is 7. The number of para-hydroxylation sites is 2. The number of carbonyl (C=O) groups is 3. The van der Waals surface area contributed by atoms with Gasteiger partial charge in [0.2, 0.25) is 5.91 Å². The maximum atomic E-state index is 12.5. The van der Waals surface area contributed by atoms with Gasteiger partial charge >= 0.3 is 6.09 Å². The van der Waals surface area contributed by atoms with Gasteiger partial charge in [0.1, 0.15) is 11.9 Å². The number of halogens is 2. The van der Waals surface area contributed by atoms with Crippen molar-refractivity contribution in [3.63, 3.8) is 0 Å². The highest BCUT2D eigenvalue weighted by Crippen LogP contribution is 2.38. The first-order valence-electron chi connectivity index (χ1n) is 10.3. The monoisotopic (exact) mass is 601 g/mol. The van der Waals surface area contributed by atoms with Crippen LogP contribution in [0.4, 0.5) is 16.2 Å². The lowest BCUT2D eigenvalue weighted by Gasteiger charge is -2.19. The Kier molecular flexibility index (Phi) is 9.04. The lowest BCUT2D eigenvalue weighted by Crippen LogP contribution is -2.32. The van der Waals surface area contributed by atoms with E-state index in [1.165, 1.54) is 12.2 Å². The van der Waals surface area contributed by atoms with Crippen molar-refractivity contribution in [2.75, 3.05) is 11.1 Å². The first-order chi connectivity index (χ1) is 16.7. The third kappa shape index (κ3) is 7.43. The SMILES string of the molecule is Nc1ccccc1NC(=O)/C=C/C[C@H](OC(=O)NC(=O)c1ccccc1)c1cc(Br)cc(Br)c1O. The van der Waals surface area contributed by atoms with Crippen LogP contribution in [0.3, 0.4) is 0 Å². The second-order valence-electron chi connectivity index (χ2n) is 7.25.